The lowest BCUT2D eigenvalue weighted by Gasteiger charge is -2.22. The summed E-state index contributed by atoms with van der Waals surface area (Å²) in [5.41, 5.74) is 3.30. The van der Waals surface area contributed by atoms with Crippen LogP contribution in [0.1, 0.15) is 72.6 Å². The summed E-state index contributed by atoms with van der Waals surface area (Å²) in [6.07, 6.45) is 0. The van der Waals surface area contributed by atoms with Gasteiger partial charge in [0.25, 0.3) is 0 Å². The predicted molar refractivity (Wildman–Crippen MR) is 88.2 cm³/mol. The Morgan fingerprint density at radius 2 is 1.29 bits per heavy atom. The molecule has 1 aromatic carbocycles. The molecule has 7 nitrogen and oxygen atoms in total. The van der Waals surface area contributed by atoms with Crippen LogP contribution in [-0.2, 0) is 9.47 Å². The van der Waals surface area contributed by atoms with Crippen LogP contribution in [-0.4, -0.2) is 34.2 Å². The summed E-state index contributed by atoms with van der Waals surface area (Å²) < 4.78 is 10.4. The number of rotatable bonds is 3. The fourth-order valence-electron chi connectivity index (χ4n) is 1.79. The largest absolute Gasteiger partial charge is 0.478 e. The first-order valence-electron chi connectivity index (χ1n) is 7.35. The number of benzene rings is 1. The molecule has 1 aromatic rings. The Bertz CT molecular complexity index is 680. The molecule has 0 amide bonds. The molecule has 1 rings (SSSR count). The number of nitrogen functional groups attached to an aromatic ring is 1. The molecular formula is C17H23NO6. The number of anilines is 1. The third kappa shape index (κ3) is 5.26. The lowest BCUT2D eigenvalue weighted by molar-refractivity contribution is 0.00679. The van der Waals surface area contributed by atoms with Crippen molar-refractivity contribution in [1.29, 1.82) is 0 Å². The van der Waals surface area contributed by atoms with Gasteiger partial charge in [0.1, 0.15) is 11.2 Å². The summed E-state index contributed by atoms with van der Waals surface area (Å²) in [6.45, 7) is 10.0. The highest BCUT2D eigenvalue weighted by atomic mass is 16.6. The maximum Gasteiger partial charge on any atom is 0.340 e. The molecule has 0 spiro atoms. The summed E-state index contributed by atoms with van der Waals surface area (Å²) in [5.74, 6) is -2.93. The maximum atomic E-state index is 12.3. The molecule has 0 aliphatic heterocycles. The molecule has 0 unspecified atom stereocenters. The first-order valence-corrected chi connectivity index (χ1v) is 7.35. The zero-order chi connectivity index (χ0) is 18.9. The summed E-state index contributed by atoms with van der Waals surface area (Å²) in [5, 5.41) is 9.26. The molecule has 3 N–H and O–H groups in total. The van der Waals surface area contributed by atoms with Gasteiger partial charge in [-0.3, -0.25) is 0 Å². The van der Waals surface area contributed by atoms with Crippen LogP contribution in [0, 0.1) is 0 Å². The second kappa shape index (κ2) is 6.51. The molecular weight excluding hydrogens is 314 g/mol. The van der Waals surface area contributed by atoms with Crippen molar-refractivity contribution in [3.05, 3.63) is 28.8 Å². The number of hydrogen-bond donors (Lipinski definition) is 2. The second-order valence-corrected chi connectivity index (χ2v) is 7.29. The molecule has 132 valence electrons. The molecule has 7 heteroatoms. The Hall–Kier alpha value is -2.57. The fourth-order valence-corrected chi connectivity index (χ4v) is 1.79. The summed E-state index contributed by atoms with van der Waals surface area (Å²) in [6, 6.07) is 2.27. The average molecular weight is 337 g/mol. The number of carbonyl (C=O) groups excluding carboxylic acids is 2. The molecule has 0 aromatic heterocycles. The lowest BCUT2D eigenvalue weighted by Crippen LogP contribution is -2.26. The zero-order valence-corrected chi connectivity index (χ0v) is 14.7. The SMILES string of the molecule is CC(C)(C)OC(=O)c1cc(C(=O)O)c(N)c(C(=O)OC(C)(C)C)c1. The van der Waals surface area contributed by atoms with E-state index in [0.29, 0.717) is 0 Å². The molecule has 0 heterocycles. The van der Waals surface area contributed by atoms with E-state index in [9.17, 15) is 19.5 Å². The molecule has 0 fully saturated rings. The van der Waals surface area contributed by atoms with E-state index in [4.69, 9.17) is 15.2 Å². The van der Waals surface area contributed by atoms with Crippen LogP contribution in [0.15, 0.2) is 12.1 Å². The van der Waals surface area contributed by atoms with Gasteiger partial charge in [-0.1, -0.05) is 0 Å². The van der Waals surface area contributed by atoms with Gasteiger partial charge in [0, 0.05) is 0 Å². The molecule has 0 bridgehead atoms. The van der Waals surface area contributed by atoms with E-state index in [1.54, 1.807) is 41.5 Å². The molecule has 0 saturated heterocycles. The van der Waals surface area contributed by atoms with Crippen molar-refractivity contribution in [1.82, 2.24) is 0 Å². The highest BCUT2D eigenvalue weighted by Gasteiger charge is 2.26. The monoisotopic (exact) mass is 337 g/mol. The Kier molecular flexibility index (Phi) is 5.28. The van der Waals surface area contributed by atoms with E-state index >= 15 is 0 Å². The second-order valence-electron chi connectivity index (χ2n) is 7.29. The number of esters is 2. The van der Waals surface area contributed by atoms with Gasteiger partial charge in [-0.25, -0.2) is 14.4 Å². The number of carboxylic acid groups (broad SMARTS) is 1. The van der Waals surface area contributed by atoms with Gasteiger partial charge in [-0.05, 0) is 53.7 Å². The number of carbonyl (C=O) groups is 3. The molecule has 0 aliphatic carbocycles. The van der Waals surface area contributed by atoms with Crippen LogP contribution < -0.4 is 5.73 Å². The summed E-state index contributed by atoms with van der Waals surface area (Å²) >= 11 is 0. The van der Waals surface area contributed by atoms with E-state index in [-0.39, 0.29) is 22.4 Å². The average Bonchev–Trinajstić information content (AvgIpc) is 2.33. The van der Waals surface area contributed by atoms with Crippen molar-refractivity contribution >= 4 is 23.6 Å². The van der Waals surface area contributed by atoms with E-state index in [1.165, 1.54) is 6.07 Å². The maximum absolute atomic E-state index is 12.3. The number of hydrogen-bond acceptors (Lipinski definition) is 6. The quantitative estimate of drug-likeness (QED) is 0.643. The van der Waals surface area contributed by atoms with Gasteiger partial charge in [0.2, 0.25) is 0 Å². The Balaban J connectivity index is 3.41. The fraction of sp³-hybridized carbons (Fsp3) is 0.471. The minimum atomic E-state index is -1.36. The number of aromatic carboxylic acids is 1. The van der Waals surface area contributed by atoms with Crippen molar-refractivity contribution in [3.8, 4) is 0 Å². The van der Waals surface area contributed by atoms with Crippen LogP contribution in [0.4, 0.5) is 5.69 Å². The first kappa shape index (κ1) is 19.5. The van der Waals surface area contributed by atoms with Crippen molar-refractivity contribution in [2.75, 3.05) is 5.73 Å². The van der Waals surface area contributed by atoms with Gasteiger partial charge in [0.05, 0.1) is 22.4 Å². The Labute approximate surface area is 140 Å². The van der Waals surface area contributed by atoms with Gasteiger partial charge in [-0.15, -0.1) is 0 Å². The molecule has 0 saturated carbocycles. The van der Waals surface area contributed by atoms with E-state index in [0.717, 1.165) is 6.07 Å². The lowest BCUT2D eigenvalue weighted by atomic mass is 10.0. The van der Waals surface area contributed by atoms with Crippen molar-refractivity contribution in [2.24, 2.45) is 0 Å². The van der Waals surface area contributed by atoms with Crippen molar-refractivity contribution in [2.45, 2.75) is 52.7 Å². The van der Waals surface area contributed by atoms with E-state index < -0.39 is 29.1 Å². The van der Waals surface area contributed by atoms with Crippen LogP contribution >= 0.6 is 0 Å². The van der Waals surface area contributed by atoms with Crippen molar-refractivity contribution < 1.29 is 29.0 Å². The van der Waals surface area contributed by atoms with Crippen LogP contribution in [0.3, 0.4) is 0 Å². The topological polar surface area (TPSA) is 116 Å². The summed E-state index contributed by atoms with van der Waals surface area (Å²) in [7, 11) is 0. The van der Waals surface area contributed by atoms with Gasteiger partial charge in [0.15, 0.2) is 0 Å². The van der Waals surface area contributed by atoms with E-state index in [2.05, 4.69) is 0 Å². The van der Waals surface area contributed by atoms with Crippen LogP contribution in [0.5, 0.6) is 0 Å². The minimum Gasteiger partial charge on any atom is -0.478 e. The first-order chi connectivity index (χ1) is 10.7. The normalized spacial score (nSPS) is 11.8. The van der Waals surface area contributed by atoms with E-state index in [1.807, 2.05) is 0 Å². The minimum absolute atomic E-state index is 0.0858. The van der Waals surface area contributed by atoms with Crippen molar-refractivity contribution in [3.63, 3.8) is 0 Å². The smallest absolute Gasteiger partial charge is 0.340 e. The zero-order valence-electron chi connectivity index (χ0n) is 14.7. The number of nitrogens with two attached hydrogens (primary N) is 1. The number of carboxylic acids is 1. The third-order valence-corrected chi connectivity index (χ3v) is 2.66. The van der Waals surface area contributed by atoms with Crippen LogP contribution in [0.2, 0.25) is 0 Å². The summed E-state index contributed by atoms with van der Waals surface area (Å²) in [4.78, 5) is 35.8. The molecule has 0 radical (unpaired) electrons. The van der Waals surface area contributed by atoms with Crippen LogP contribution in [0.25, 0.3) is 0 Å². The standard InChI is InChI=1S/C17H23NO6/c1-16(2,3)23-14(21)9-7-10(13(19)20)12(18)11(8-9)15(22)24-17(4,5)6/h7-8H,18H2,1-6H3,(H,19,20). The van der Waals surface area contributed by atoms with Gasteiger partial charge >= 0.3 is 17.9 Å². The predicted octanol–water partition coefficient (Wildman–Crippen LogP) is 2.88. The molecule has 0 aliphatic rings. The Morgan fingerprint density at radius 3 is 1.71 bits per heavy atom. The third-order valence-electron chi connectivity index (χ3n) is 2.66. The van der Waals surface area contributed by atoms with Gasteiger partial charge in [-0.2, -0.15) is 0 Å². The highest BCUT2D eigenvalue weighted by molar-refractivity contribution is 6.06. The highest BCUT2D eigenvalue weighted by Crippen LogP contribution is 2.25. The molecule has 0 atom stereocenters. The Morgan fingerprint density at radius 1 is 0.875 bits per heavy atom. The number of ether oxygens (including phenoxy) is 2. The van der Waals surface area contributed by atoms with Gasteiger partial charge < -0.3 is 20.3 Å². The molecule has 24 heavy (non-hydrogen) atoms.